The van der Waals surface area contributed by atoms with Gasteiger partial charge < -0.3 is 10.1 Å². The summed E-state index contributed by atoms with van der Waals surface area (Å²) in [4.78, 5) is 2.66. The third-order valence-electron chi connectivity index (χ3n) is 4.07. The van der Waals surface area contributed by atoms with Crippen LogP contribution in [0, 0.1) is 0 Å². The second-order valence-corrected chi connectivity index (χ2v) is 5.51. The first-order valence-corrected chi connectivity index (χ1v) is 6.75. The summed E-state index contributed by atoms with van der Waals surface area (Å²) in [6.45, 7) is 6.64. The van der Waals surface area contributed by atoms with Crippen LogP contribution in [0.3, 0.4) is 0 Å². The highest BCUT2D eigenvalue weighted by Gasteiger charge is 2.30. The van der Waals surface area contributed by atoms with E-state index in [0.717, 1.165) is 25.2 Å². The van der Waals surface area contributed by atoms with E-state index in [1.807, 2.05) is 0 Å². The second-order valence-electron chi connectivity index (χ2n) is 5.51. The molecule has 1 aliphatic carbocycles. The van der Waals surface area contributed by atoms with Crippen LogP contribution < -0.4 is 5.32 Å². The molecule has 3 nitrogen and oxygen atoms in total. The molecule has 2 rings (SSSR count). The summed E-state index contributed by atoms with van der Waals surface area (Å²) in [6.07, 6.45) is 6.19. The summed E-state index contributed by atoms with van der Waals surface area (Å²) in [5.74, 6) is 0. The molecule has 0 amide bonds. The minimum atomic E-state index is 0.408. The van der Waals surface area contributed by atoms with Crippen LogP contribution in [0.2, 0.25) is 0 Å². The lowest BCUT2D eigenvalue weighted by molar-refractivity contribution is -0.0846. The van der Waals surface area contributed by atoms with Gasteiger partial charge in [-0.05, 0) is 46.6 Å². The van der Waals surface area contributed by atoms with E-state index < -0.39 is 0 Å². The molecule has 0 aromatic carbocycles. The largest absolute Gasteiger partial charge is 0.373 e. The van der Waals surface area contributed by atoms with Crippen molar-refractivity contribution < 1.29 is 4.74 Å². The maximum Gasteiger partial charge on any atom is 0.0678 e. The smallest absolute Gasteiger partial charge is 0.0678 e. The standard InChI is InChI=1S/C13H26N2O/c1-10-8-15(9-11(2)16-10)13-6-4-12(14-3)5-7-13/h10-14H,4-9H2,1-3H3/t10-,11+,12?,13?. The lowest BCUT2D eigenvalue weighted by Crippen LogP contribution is -2.51. The molecule has 1 N–H and O–H groups in total. The van der Waals surface area contributed by atoms with Gasteiger partial charge in [0.05, 0.1) is 12.2 Å². The first-order valence-electron chi connectivity index (χ1n) is 6.75. The Morgan fingerprint density at radius 1 is 1.00 bits per heavy atom. The van der Waals surface area contributed by atoms with Crippen molar-refractivity contribution in [2.75, 3.05) is 20.1 Å². The average Bonchev–Trinajstić information content (AvgIpc) is 2.28. The van der Waals surface area contributed by atoms with Gasteiger partial charge in [0, 0.05) is 25.2 Å². The molecule has 1 heterocycles. The third-order valence-corrected chi connectivity index (χ3v) is 4.07. The van der Waals surface area contributed by atoms with Crippen LogP contribution in [-0.2, 0) is 4.74 Å². The molecule has 2 fully saturated rings. The number of ether oxygens (including phenoxy) is 1. The fourth-order valence-corrected chi connectivity index (χ4v) is 3.25. The van der Waals surface area contributed by atoms with Crippen molar-refractivity contribution >= 4 is 0 Å². The van der Waals surface area contributed by atoms with Crippen molar-refractivity contribution in [3.63, 3.8) is 0 Å². The number of hydrogen-bond donors (Lipinski definition) is 1. The molecule has 94 valence electrons. The first kappa shape index (κ1) is 12.3. The van der Waals surface area contributed by atoms with Gasteiger partial charge in [0.25, 0.3) is 0 Å². The summed E-state index contributed by atoms with van der Waals surface area (Å²) >= 11 is 0. The Kier molecular flexibility index (Phi) is 4.22. The fourth-order valence-electron chi connectivity index (χ4n) is 3.25. The minimum Gasteiger partial charge on any atom is -0.373 e. The van der Waals surface area contributed by atoms with Gasteiger partial charge in [-0.3, -0.25) is 4.90 Å². The molecule has 2 atom stereocenters. The topological polar surface area (TPSA) is 24.5 Å². The summed E-state index contributed by atoms with van der Waals surface area (Å²) in [5.41, 5.74) is 0. The Labute approximate surface area is 99.5 Å². The summed E-state index contributed by atoms with van der Waals surface area (Å²) in [6, 6.07) is 1.56. The molecule has 16 heavy (non-hydrogen) atoms. The average molecular weight is 226 g/mol. The molecule has 0 aromatic rings. The van der Waals surface area contributed by atoms with E-state index in [9.17, 15) is 0 Å². The van der Waals surface area contributed by atoms with Crippen LogP contribution in [-0.4, -0.2) is 49.3 Å². The van der Waals surface area contributed by atoms with Gasteiger partial charge in [-0.25, -0.2) is 0 Å². The Morgan fingerprint density at radius 2 is 1.56 bits per heavy atom. The van der Waals surface area contributed by atoms with Crippen LogP contribution in [0.1, 0.15) is 39.5 Å². The van der Waals surface area contributed by atoms with Crippen LogP contribution in [0.15, 0.2) is 0 Å². The number of morpholine rings is 1. The van der Waals surface area contributed by atoms with Gasteiger partial charge in [-0.1, -0.05) is 0 Å². The number of nitrogens with one attached hydrogen (secondary N) is 1. The predicted molar refractivity (Wildman–Crippen MR) is 66.7 cm³/mol. The van der Waals surface area contributed by atoms with Gasteiger partial charge in [-0.2, -0.15) is 0 Å². The van der Waals surface area contributed by atoms with Crippen molar-refractivity contribution in [1.29, 1.82) is 0 Å². The molecule has 0 aromatic heterocycles. The molecule has 0 radical (unpaired) electrons. The van der Waals surface area contributed by atoms with E-state index >= 15 is 0 Å². The molecule has 0 spiro atoms. The van der Waals surface area contributed by atoms with Crippen LogP contribution in [0.4, 0.5) is 0 Å². The van der Waals surface area contributed by atoms with E-state index in [4.69, 9.17) is 4.74 Å². The van der Waals surface area contributed by atoms with Gasteiger partial charge >= 0.3 is 0 Å². The number of hydrogen-bond acceptors (Lipinski definition) is 3. The molecule has 0 bridgehead atoms. The van der Waals surface area contributed by atoms with Crippen molar-refractivity contribution in [1.82, 2.24) is 10.2 Å². The van der Waals surface area contributed by atoms with Gasteiger partial charge in [0.2, 0.25) is 0 Å². The molecular formula is C13H26N2O. The van der Waals surface area contributed by atoms with Crippen LogP contribution in [0.5, 0.6) is 0 Å². The zero-order valence-corrected chi connectivity index (χ0v) is 10.9. The lowest BCUT2D eigenvalue weighted by atomic mass is 9.89. The highest BCUT2D eigenvalue weighted by molar-refractivity contribution is 4.85. The molecule has 0 unspecified atom stereocenters. The summed E-state index contributed by atoms with van der Waals surface area (Å²) in [7, 11) is 2.09. The fraction of sp³-hybridized carbons (Fsp3) is 1.00. The Bertz CT molecular complexity index is 204. The lowest BCUT2D eigenvalue weighted by Gasteiger charge is -2.42. The number of rotatable bonds is 2. The quantitative estimate of drug-likeness (QED) is 0.774. The van der Waals surface area contributed by atoms with Gasteiger partial charge in [-0.15, -0.1) is 0 Å². The van der Waals surface area contributed by atoms with E-state index in [-0.39, 0.29) is 0 Å². The zero-order valence-electron chi connectivity index (χ0n) is 10.9. The van der Waals surface area contributed by atoms with Crippen molar-refractivity contribution in [2.45, 2.75) is 63.8 Å². The normalized spacial score (nSPS) is 42.2. The van der Waals surface area contributed by atoms with Crippen molar-refractivity contribution in [3.05, 3.63) is 0 Å². The maximum absolute atomic E-state index is 5.80. The Balaban J connectivity index is 1.83. The SMILES string of the molecule is CNC1CCC(N2C[C@@H](C)O[C@@H](C)C2)CC1. The zero-order chi connectivity index (χ0) is 11.5. The Morgan fingerprint density at radius 3 is 2.06 bits per heavy atom. The third kappa shape index (κ3) is 2.96. The predicted octanol–water partition coefficient (Wildman–Crippen LogP) is 1.63. The van der Waals surface area contributed by atoms with Gasteiger partial charge in [0.1, 0.15) is 0 Å². The molecule has 1 aliphatic heterocycles. The molecule has 1 saturated carbocycles. The van der Waals surface area contributed by atoms with Crippen molar-refractivity contribution in [3.8, 4) is 0 Å². The van der Waals surface area contributed by atoms with Crippen LogP contribution >= 0.6 is 0 Å². The molecule has 1 saturated heterocycles. The molecular weight excluding hydrogens is 200 g/mol. The monoisotopic (exact) mass is 226 g/mol. The second kappa shape index (κ2) is 5.48. The summed E-state index contributed by atoms with van der Waals surface area (Å²) in [5, 5.41) is 3.40. The molecule has 2 aliphatic rings. The van der Waals surface area contributed by atoms with E-state index in [0.29, 0.717) is 12.2 Å². The van der Waals surface area contributed by atoms with Crippen molar-refractivity contribution in [2.24, 2.45) is 0 Å². The van der Waals surface area contributed by atoms with E-state index in [1.165, 1.54) is 25.7 Å². The first-order chi connectivity index (χ1) is 7.69. The van der Waals surface area contributed by atoms with E-state index in [1.54, 1.807) is 0 Å². The van der Waals surface area contributed by atoms with Crippen LogP contribution in [0.25, 0.3) is 0 Å². The number of nitrogens with zero attached hydrogens (tertiary/aromatic N) is 1. The summed E-state index contributed by atoms with van der Waals surface area (Å²) < 4.78 is 5.80. The highest BCUT2D eigenvalue weighted by Crippen LogP contribution is 2.25. The maximum atomic E-state index is 5.80. The molecule has 3 heteroatoms. The highest BCUT2D eigenvalue weighted by atomic mass is 16.5. The minimum absolute atomic E-state index is 0.408. The Hall–Kier alpha value is -0.120. The van der Waals surface area contributed by atoms with Gasteiger partial charge in [0.15, 0.2) is 0 Å². The van der Waals surface area contributed by atoms with E-state index in [2.05, 4.69) is 31.1 Å².